The van der Waals surface area contributed by atoms with Gasteiger partial charge in [0, 0.05) is 30.8 Å². The minimum absolute atomic E-state index is 0.108. The summed E-state index contributed by atoms with van der Waals surface area (Å²) in [5, 5.41) is 2.85. The van der Waals surface area contributed by atoms with Gasteiger partial charge in [-0.1, -0.05) is 30.3 Å². The van der Waals surface area contributed by atoms with Crippen molar-refractivity contribution in [3.63, 3.8) is 0 Å². The lowest BCUT2D eigenvalue weighted by molar-refractivity contribution is 0.0934. The molecule has 1 aliphatic rings. The van der Waals surface area contributed by atoms with Gasteiger partial charge in [0.05, 0.1) is 17.9 Å². The number of carbonyl (C=O) groups is 1. The molecule has 0 bridgehead atoms. The summed E-state index contributed by atoms with van der Waals surface area (Å²) in [6.07, 6.45) is 3.10. The third-order valence-corrected chi connectivity index (χ3v) is 7.77. The number of rotatable bonds is 6. The lowest BCUT2D eigenvalue weighted by Crippen LogP contribution is -2.37. The highest BCUT2D eigenvalue weighted by Crippen LogP contribution is 2.22. The smallest absolute Gasteiger partial charge is 0.268 e. The Hall–Kier alpha value is -2.56. The largest absolute Gasteiger partial charge is 0.356 e. The van der Waals surface area contributed by atoms with Crippen LogP contribution in [0, 0.1) is 0 Å². The minimum atomic E-state index is -3.59. The maximum Gasteiger partial charge on any atom is 0.268 e. The molecule has 0 saturated carbocycles. The van der Waals surface area contributed by atoms with Gasteiger partial charge in [-0.15, -0.1) is 0 Å². The highest BCUT2D eigenvalue weighted by Gasteiger charge is 2.28. The Morgan fingerprint density at radius 3 is 2.70 bits per heavy atom. The Morgan fingerprint density at radius 2 is 1.97 bits per heavy atom. The van der Waals surface area contributed by atoms with Gasteiger partial charge < -0.3 is 15.3 Å². The van der Waals surface area contributed by atoms with Gasteiger partial charge >= 0.3 is 0 Å². The van der Waals surface area contributed by atoms with Crippen LogP contribution in [0.3, 0.4) is 0 Å². The number of carbonyl (C=O) groups excluding carboxylic acids is 1. The van der Waals surface area contributed by atoms with E-state index in [2.05, 4.69) is 20.3 Å². The number of aromatic nitrogens is 3. The van der Waals surface area contributed by atoms with E-state index in [1.54, 1.807) is 18.0 Å². The number of H-pyrrole nitrogens is 2. The number of sulfonamides is 1. The molecule has 1 fully saturated rings. The molecule has 1 atom stereocenters. The average Bonchev–Trinajstić information content (AvgIpc) is 3.46. The van der Waals surface area contributed by atoms with Crippen molar-refractivity contribution in [2.75, 3.05) is 24.6 Å². The van der Waals surface area contributed by atoms with Crippen molar-refractivity contribution >= 4 is 27.7 Å². The molecule has 1 aliphatic heterocycles. The Labute approximate surface area is 179 Å². The van der Waals surface area contributed by atoms with E-state index in [0.29, 0.717) is 18.9 Å². The molecular formula is C20H23N5O3S2. The van der Waals surface area contributed by atoms with Crippen LogP contribution in [0.25, 0.3) is 11.3 Å². The van der Waals surface area contributed by atoms with E-state index in [4.69, 9.17) is 0 Å². The molecule has 30 heavy (non-hydrogen) atoms. The Balaban J connectivity index is 1.44. The summed E-state index contributed by atoms with van der Waals surface area (Å²) in [4.78, 5) is 23.1. The van der Waals surface area contributed by atoms with Crippen LogP contribution in [0.5, 0.6) is 0 Å². The van der Waals surface area contributed by atoms with Crippen molar-refractivity contribution in [2.24, 2.45) is 0 Å². The van der Waals surface area contributed by atoms with E-state index in [1.165, 1.54) is 16.6 Å². The Kier molecular flexibility index (Phi) is 5.98. The summed E-state index contributed by atoms with van der Waals surface area (Å²) >= 11 is 1.74. The molecule has 8 nitrogen and oxygen atoms in total. The second-order valence-electron chi connectivity index (χ2n) is 7.01. The van der Waals surface area contributed by atoms with Crippen LogP contribution in [0.2, 0.25) is 0 Å². The monoisotopic (exact) mass is 445 g/mol. The van der Waals surface area contributed by atoms with Crippen LogP contribution in [0.15, 0.2) is 53.7 Å². The highest BCUT2D eigenvalue weighted by molar-refractivity contribution is 7.99. The molecule has 0 radical (unpaired) electrons. The van der Waals surface area contributed by atoms with Crippen LogP contribution < -0.4 is 5.32 Å². The van der Waals surface area contributed by atoms with Gasteiger partial charge in [-0.05, 0) is 18.6 Å². The fraction of sp³-hybridized carbons (Fsp3) is 0.300. The first-order valence-electron chi connectivity index (χ1n) is 9.62. The number of nitrogens with one attached hydrogen (secondary N) is 3. The van der Waals surface area contributed by atoms with Crippen LogP contribution in [-0.4, -0.2) is 58.2 Å². The molecule has 0 spiro atoms. The zero-order valence-corrected chi connectivity index (χ0v) is 18.1. The molecule has 158 valence electrons. The number of benzene rings is 1. The van der Waals surface area contributed by atoms with Crippen LogP contribution in [-0.2, 0) is 10.0 Å². The molecule has 3 N–H and O–H groups in total. The van der Waals surface area contributed by atoms with Gasteiger partial charge in [0.1, 0.15) is 16.4 Å². The van der Waals surface area contributed by atoms with Gasteiger partial charge in [-0.25, -0.2) is 13.4 Å². The molecule has 3 aromatic rings. The standard InChI is InChI=1S/C20H23N5O3S2/c1-14(19-22-13-18(24-19)15-5-3-2-4-6-15)23-20(26)17-11-16(12-21-17)30(27,28)25-7-9-29-10-8-25/h2-6,11-14,21H,7-10H2,1H3,(H,22,24)(H,23,26). The molecule has 2 aromatic heterocycles. The van der Waals surface area contributed by atoms with Crippen molar-refractivity contribution in [1.29, 1.82) is 0 Å². The van der Waals surface area contributed by atoms with Gasteiger partial charge in [0.25, 0.3) is 5.91 Å². The summed E-state index contributed by atoms with van der Waals surface area (Å²) in [6.45, 7) is 2.79. The molecule has 1 amide bonds. The lowest BCUT2D eigenvalue weighted by Gasteiger charge is -2.24. The number of thioether (sulfide) groups is 1. The number of hydrogen-bond donors (Lipinski definition) is 3. The number of amides is 1. The second kappa shape index (κ2) is 8.66. The van der Waals surface area contributed by atoms with E-state index >= 15 is 0 Å². The molecule has 1 unspecified atom stereocenters. The zero-order valence-electron chi connectivity index (χ0n) is 16.5. The van der Waals surface area contributed by atoms with E-state index < -0.39 is 15.9 Å². The Bertz CT molecular complexity index is 1120. The van der Waals surface area contributed by atoms with Crippen LogP contribution in [0.1, 0.15) is 29.3 Å². The van der Waals surface area contributed by atoms with E-state index in [-0.39, 0.29) is 16.6 Å². The van der Waals surface area contributed by atoms with Gasteiger partial charge in [0.2, 0.25) is 10.0 Å². The number of imidazole rings is 1. The SMILES string of the molecule is CC(NC(=O)c1cc(S(=O)(=O)N2CCSCC2)c[nH]1)c1ncc(-c2ccccc2)[nH]1. The average molecular weight is 446 g/mol. The fourth-order valence-electron chi connectivity index (χ4n) is 3.25. The van der Waals surface area contributed by atoms with Crippen molar-refractivity contribution in [1.82, 2.24) is 24.6 Å². The number of aromatic amines is 2. The van der Waals surface area contributed by atoms with Gasteiger partial charge in [0.15, 0.2) is 0 Å². The minimum Gasteiger partial charge on any atom is -0.356 e. The van der Waals surface area contributed by atoms with Crippen molar-refractivity contribution in [2.45, 2.75) is 17.9 Å². The first-order valence-corrected chi connectivity index (χ1v) is 12.2. The molecule has 0 aliphatic carbocycles. The fourth-order valence-corrected chi connectivity index (χ4v) is 5.82. The topological polar surface area (TPSA) is 111 Å². The summed E-state index contributed by atoms with van der Waals surface area (Å²) in [5.74, 6) is 1.79. The Morgan fingerprint density at radius 1 is 1.23 bits per heavy atom. The van der Waals surface area contributed by atoms with E-state index in [9.17, 15) is 13.2 Å². The third-order valence-electron chi connectivity index (χ3n) is 4.95. The summed E-state index contributed by atoms with van der Waals surface area (Å²) in [5.41, 5.74) is 2.06. The first-order chi connectivity index (χ1) is 14.4. The lowest BCUT2D eigenvalue weighted by atomic mass is 10.2. The van der Waals surface area contributed by atoms with Crippen molar-refractivity contribution in [3.05, 3.63) is 60.3 Å². The molecule has 4 rings (SSSR count). The van der Waals surface area contributed by atoms with Crippen LogP contribution >= 0.6 is 11.8 Å². The van der Waals surface area contributed by atoms with Crippen molar-refractivity contribution in [3.8, 4) is 11.3 Å². The normalized spacial score (nSPS) is 16.3. The zero-order chi connectivity index (χ0) is 21.1. The number of nitrogens with zero attached hydrogens (tertiary/aromatic N) is 2. The van der Waals surface area contributed by atoms with Crippen LogP contribution in [0.4, 0.5) is 0 Å². The molecule has 10 heteroatoms. The third kappa shape index (κ3) is 4.30. The summed E-state index contributed by atoms with van der Waals surface area (Å²) in [6, 6.07) is 10.8. The predicted molar refractivity (Wildman–Crippen MR) is 117 cm³/mol. The molecular weight excluding hydrogens is 422 g/mol. The predicted octanol–water partition coefficient (Wildman–Crippen LogP) is 2.63. The quantitative estimate of drug-likeness (QED) is 0.540. The van der Waals surface area contributed by atoms with E-state index in [0.717, 1.165) is 22.8 Å². The number of hydrogen-bond acceptors (Lipinski definition) is 5. The van der Waals surface area contributed by atoms with Gasteiger partial charge in [-0.2, -0.15) is 16.1 Å². The highest BCUT2D eigenvalue weighted by atomic mass is 32.2. The first kappa shape index (κ1) is 20.7. The summed E-state index contributed by atoms with van der Waals surface area (Å²) < 4.78 is 27.0. The van der Waals surface area contributed by atoms with E-state index in [1.807, 2.05) is 37.3 Å². The van der Waals surface area contributed by atoms with Gasteiger partial charge in [-0.3, -0.25) is 4.79 Å². The summed E-state index contributed by atoms with van der Waals surface area (Å²) in [7, 11) is -3.59. The molecule has 1 aromatic carbocycles. The maximum absolute atomic E-state index is 12.8. The second-order valence-corrected chi connectivity index (χ2v) is 10.2. The molecule has 1 saturated heterocycles. The maximum atomic E-state index is 12.8. The molecule has 3 heterocycles. The van der Waals surface area contributed by atoms with Crippen molar-refractivity contribution < 1.29 is 13.2 Å².